The number of carbonyl (C=O) groups excluding carboxylic acids is 1. The van der Waals surface area contributed by atoms with Crippen molar-refractivity contribution in [2.75, 3.05) is 18.6 Å². The van der Waals surface area contributed by atoms with E-state index < -0.39 is 5.41 Å². The van der Waals surface area contributed by atoms with Gasteiger partial charge < -0.3 is 4.74 Å². The van der Waals surface area contributed by atoms with Crippen LogP contribution in [0.2, 0.25) is 0 Å². The number of unbranched alkanes of at least 4 members (excludes halogenated alkanes) is 2. The van der Waals surface area contributed by atoms with Crippen LogP contribution in [0.4, 0.5) is 0 Å². The number of ether oxygens (including phenoxy) is 1. The average molecular weight is 512 g/mol. The summed E-state index contributed by atoms with van der Waals surface area (Å²) in [6.07, 6.45) is 15.9. The second kappa shape index (κ2) is 14.9. The number of fused-ring (bicyclic) bond motifs is 2. The van der Waals surface area contributed by atoms with Crippen molar-refractivity contribution in [2.24, 2.45) is 17.3 Å². The maximum absolute atomic E-state index is 12.1. The van der Waals surface area contributed by atoms with E-state index in [0.717, 1.165) is 38.5 Å². The van der Waals surface area contributed by atoms with E-state index >= 15 is 0 Å². The molecule has 2 aliphatic heterocycles. The molecule has 1 aromatic rings. The monoisotopic (exact) mass is 511 g/mol. The average Bonchev–Trinajstić information content (AvgIpc) is 3.47. The molecule has 2 heterocycles. The Bertz CT molecular complexity index is 886. The highest BCUT2D eigenvalue weighted by Crippen LogP contribution is 2.46. The lowest BCUT2D eigenvalue weighted by Gasteiger charge is -2.27. The molecule has 0 aliphatic carbocycles. The number of hydrogen-bond acceptors (Lipinski definition) is 4. The SMILES string of the molecule is CN(O)C(=O)C(C)(C)CCC=CC[C@H]1[C@@H](CSCCCCC#CCCc2ccccc2)[C@H]2CC[C@@H]1O2. The van der Waals surface area contributed by atoms with Crippen molar-refractivity contribution >= 4 is 17.7 Å². The predicted molar refractivity (Wildman–Crippen MR) is 150 cm³/mol. The topological polar surface area (TPSA) is 49.8 Å². The Balaban J connectivity index is 1.28. The zero-order valence-electron chi connectivity index (χ0n) is 22.5. The van der Waals surface area contributed by atoms with E-state index in [9.17, 15) is 10.0 Å². The van der Waals surface area contributed by atoms with Crippen molar-refractivity contribution in [3.63, 3.8) is 0 Å². The molecular weight excluding hydrogens is 466 g/mol. The lowest BCUT2D eigenvalue weighted by Crippen LogP contribution is -2.36. The first-order valence-electron chi connectivity index (χ1n) is 13.7. The van der Waals surface area contributed by atoms with Gasteiger partial charge in [-0.3, -0.25) is 10.0 Å². The normalized spacial score (nSPS) is 23.1. The number of hydrogen-bond donors (Lipinski definition) is 1. The molecule has 0 saturated carbocycles. The van der Waals surface area contributed by atoms with Gasteiger partial charge in [0.15, 0.2) is 0 Å². The van der Waals surface area contributed by atoms with Gasteiger partial charge in [-0.2, -0.15) is 11.8 Å². The number of aryl methyl sites for hydroxylation is 1. The molecule has 36 heavy (non-hydrogen) atoms. The number of allylic oxidation sites excluding steroid dienone is 2. The summed E-state index contributed by atoms with van der Waals surface area (Å²) in [7, 11) is 1.40. The maximum atomic E-state index is 12.1. The third kappa shape index (κ3) is 8.98. The minimum absolute atomic E-state index is 0.232. The maximum Gasteiger partial charge on any atom is 0.251 e. The standard InChI is InChI=1S/C31H45NO3S/c1-31(2,30(33)32(3)34)22-14-9-13-19-26-27(29-21-20-28(26)35-29)24-36-23-15-7-5-4-6-10-16-25-17-11-8-12-18-25/h8-9,11-13,17-18,26-29,34H,5,7,10,14-16,19-24H2,1-3H3/t26-,27+,28-,29+/m0/s1. The molecule has 0 spiro atoms. The van der Waals surface area contributed by atoms with Gasteiger partial charge in [-0.1, -0.05) is 56.3 Å². The number of nitrogens with zero attached hydrogens (tertiary/aromatic N) is 1. The molecule has 2 bridgehead atoms. The Hall–Kier alpha value is -1.74. The zero-order valence-corrected chi connectivity index (χ0v) is 23.3. The summed E-state index contributed by atoms with van der Waals surface area (Å²) < 4.78 is 6.29. The number of carbonyl (C=O) groups is 1. The molecule has 0 radical (unpaired) electrons. The van der Waals surface area contributed by atoms with Crippen molar-refractivity contribution in [1.82, 2.24) is 5.06 Å². The second-order valence-electron chi connectivity index (χ2n) is 10.9. The van der Waals surface area contributed by atoms with E-state index in [2.05, 4.69) is 66.1 Å². The quantitative estimate of drug-likeness (QED) is 0.0968. The van der Waals surface area contributed by atoms with Gasteiger partial charge in [0, 0.05) is 25.3 Å². The highest BCUT2D eigenvalue weighted by atomic mass is 32.2. The summed E-state index contributed by atoms with van der Waals surface area (Å²) in [5, 5.41) is 10.1. The Morgan fingerprint density at radius 3 is 2.58 bits per heavy atom. The fraction of sp³-hybridized carbons (Fsp3) is 0.645. The fourth-order valence-electron chi connectivity index (χ4n) is 5.45. The summed E-state index contributed by atoms with van der Waals surface area (Å²) in [5.41, 5.74) is 0.823. The van der Waals surface area contributed by atoms with Gasteiger partial charge >= 0.3 is 0 Å². The summed E-state index contributed by atoms with van der Waals surface area (Å²) in [6.45, 7) is 3.79. The molecule has 2 fully saturated rings. The van der Waals surface area contributed by atoms with Gasteiger partial charge in [0.1, 0.15) is 0 Å². The number of thioether (sulfide) groups is 1. The van der Waals surface area contributed by atoms with E-state index in [-0.39, 0.29) is 5.91 Å². The summed E-state index contributed by atoms with van der Waals surface area (Å²) in [4.78, 5) is 12.1. The largest absolute Gasteiger partial charge is 0.374 e. The first kappa shape index (κ1) is 28.8. The number of amides is 1. The highest BCUT2D eigenvalue weighted by molar-refractivity contribution is 7.99. The first-order chi connectivity index (χ1) is 17.4. The van der Waals surface area contributed by atoms with Crippen LogP contribution in [-0.4, -0.2) is 46.9 Å². The molecule has 1 amide bonds. The van der Waals surface area contributed by atoms with Crippen LogP contribution in [0, 0.1) is 29.1 Å². The van der Waals surface area contributed by atoms with Crippen LogP contribution in [0.1, 0.15) is 77.2 Å². The van der Waals surface area contributed by atoms with E-state index in [1.165, 1.54) is 49.8 Å². The lowest BCUT2D eigenvalue weighted by molar-refractivity contribution is -0.169. The molecule has 1 aromatic carbocycles. The molecule has 5 heteroatoms. The first-order valence-corrected chi connectivity index (χ1v) is 14.9. The van der Waals surface area contributed by atoms with Crippen LogP contribution in [-0.2, 0) is 16.0 Å². The smallest absolute Gasteiger partial charge is 0.251 e. The second-order valence-corrected chi connectivity index (χ2v) is 12.1. The third-order valence-corrected chi connectivity index (χ3v) is 8.83. The van der Waals surface area contributed by atoms with E-state index in [0.29, 0.717) is 29.1 Å². The van der Waals surface area contributed by atoms with Crippen molar-refractivity contribution in [2.45, 2.75) is 90.3 Å². The summed E-state index contributed by atoms with van der Waals surface area (Å²) in [6, 6.07) is 10.6. The molecule has 3 rings (SSSR count). The molecule has 0 aromatic heterocycles. The molecule has 2 aliphatic rings. The molecule has 0 unspecified atom stereocenters. The van der Waals surface area contributed by atoms with E-state index in [4.69, 9.17) is 4.74 Å². The molecule has 4 atom stereocenters. The summed E-state index contributed by atoms with van der Waals surface area (Å²) >= 11 is 2.09. The van der Waals surface area contributed by atoms with Crippen LogP contribution in [0.5, 0.6) is 0 Å². The Morgan fingerprint density at radius 1 is 1.11 bits per heavy atom. The van der Waals surface area contributed by atoms with Crippen LogP contribution in [0.3, 0.4) is 0 Å². The van der Waals surface area contributed by atoms with Crippen LogP contribution < -0.4 is 0 Å². The summed E-state index contributed by atoms with van der Waals surface area (Å²) in [5.74, 6) is 10.2. The van der Waals surface area contributed by atoms with Gasteiger partial charge in [-0.15, -0.1) is 11.8 Å². The number of rotatable bonds is 14. The van der Waals surface area contributed by atoms with E-state index in [1.807, 2.05) is 13.8 Å². The van der Waals surface area contributed by atoms with Gasteiger partial charge in [-0.25, -0.2) is 5.06 Å². The van der Waals surface area contributed by atoms with E-state index in [1.54, 1.807) is 0 Å². The van der Waals surface area contributed by atoms with Crippen molar-refractivity contribution < 1.29 is 14.7 Å². The van der Waals surface area contributed by atoms with Crippen molar-refractivity contribution in [3.8, 4) is 11.8 Å². The third-order valence-electron chi connectivity index (χ3n) is 7.63. The molecule has 1 N–H and O–H groups in total. The van der Waals surface area contributed by atoms with Crippen LogP contribution in [0.25, 0.3) is 0 Å². The zero-order chi connectivity index (χ0) is 25.8. The fourth-order valence-corrected chi connectivity index (χ4v) is 6.76. The van der Waals surface area contributed by atoms with Gasteiger partial charge in [0.05, 0.1) is 12.2 Å². The lowest BCUT2D eigenvalue weighted by atomic mass is 9.78. The molecular formula is C31H45NO3S. The number of hydroxylamine groups is 2. The van der Waals surface area contributed by atoms with Gasteiger partial charge in [-0.05, 0) is 80.3 Å². The Kier molecular flexibility index (Phi) is 11.9. The minimum atomic E-state index is -0.545. The van der Waals surface area contributed by atoms with Gasteiger partial charge in [0.25, 0.3) is 5.91 Å². The molecule has 4 nitrogen and oxygen atoms in total. The Labute approximate surface area is 223 Å². The number of benzene rings is 1. The molecule has 198 valence electrons. The predicted octanol–water partition coefficient (Wildman–Crippen LogP) is 6.92. The van der Waals surface area contributed by atoms with Crippen LogP contribution >= 0.6 is 11.8 Å². The van der Waals surface area contributed by atoms with Crippen molar-refractivity contribution in [3.05, 3.63) is 48.0 Å². The molecule has 2 saturated heterocycles. The minimum Gasteiger partial charge on any atom is -0.374 e. The van der Waals surface area contributed by atoms with Crippen molar-refractivity contribution in [1.29, 1.82) is 0 Å². The van der Waals surface area contributed by atoms with Crippen LogP contribution in [0.15, 0.2) is 42.5 Å². The van der Waals surface area contributed by atoms with Gasteiger partial charge in [0.2, 0.25) is 0 Å². The Morgan fingerprint density at radius 2 is 1.83 bits per heavy atom. The highest BCUT2D eigenvalue weighted by Gasteiger charge is 2.47.